The molecule has 0 aliphatic carbocycles. The van der Waals surface area contributed by atoms with Crippen molar-refractivity contribution < 1.29 is 4.79 Å². The molecule has 1 amide bonds. The van der Waals surface area contributed by atoms with Crippen LogP contribution < -0.4 is 5.32 Å². The van der Waals surface area contributed by atoms with Gasteiger partial charge in [0, 0.05) is 5.02 Å². The summed E-state index contributed by atoms with van der Waals surface area (Å²) in [7, 11) is 0. The lowest BCUT2D eigenvalue weighted by molar-refractivity contribution is -0.123. The van der Waals surface area contributed by atoms with Gasteiger partial charge in [-0.3, -0.25) is 9.69 Å². The predicted molar refractivity (Wildman–Crippen MR) is 78.3 cm³/mol. The van der Waals surface area contributed by atoms with Crippen LogP contribution in [0.2, 0.25) is 5.02 Å². The van der Waals surface area contributed by atoms with Crippen molar-refractivity contribution >= 4 is 17.5 Å². The van der Waals surface area contributed by atoms with Crippen molar-refractivity contribution in [2.45, 2.75) is 32.2 Å². The molecule has 1 saturated heterocycles. The van der Waals surface area contributed by atoms with Crippen LogP contribution in [0.25, 0.3) is 0 Å². The topological polar surface area (TPSA) is 32.3 Å². The van der Waals surface area contributed by atoms with Gasteiger partial charge in [0.05, 0.1) is 12.6 Å². The fourth-order valence-corrected chi connectivity index (χ4v) is 2.67. The largest absolute Gasteiger partial charge is 0.348 e. The Balaban J connectivity index is 1.84. The first-order valence-corrected chi connectivity index (χ1v) is 7.30. The molecule has 0 saturated carbocycles. The number of hydrogen-bond acceptors (Lipinski definition) is 2. The molecule has 19 heavy (non-hydrogen) atoms. The van der Waals surface area contributed by atoms with E-state index in [-0.39, 0.29) is 11.9 Å². The number of likely N-dealkylation sites (tertiary alicyclic amines) is 1. The van der Waals surface area contributed by atoms with E-state index in [9.17, 15) is 4.79 Å². The molecule has 1 heterocycles. The third kappa shape index (κ3) is 4.51. The van der Waals surface area contributed by atoms with Gasteiger partial charge in [0.15, 0.2) is 0 Å². The molecule has 0 aromatic heterocycles. The average Bonchev–Trinajstić information content (AvgIpc) is 2.39. The molecule has 0 bridgehead atoms. The minimum absolute atomic E-state index is 0.00371. The molecule has 1 aromatic rings. The minimum atomic E-state index is -0.00371. The summed E-state index contributed by atoms with van der Waals surface area (Å²) in [4.78, 5) is 14.2. The molecular weight excluding hydrogens is 260 g/mol. The summed E-state index contributed by atoms with van der Waals surface area (Å²) in [5.74, 6) is 0.0920. The molecule has 0 spiro atoms. The Morgan fingerprint density at radius 2 is 2.11 bits per heavy atom. The van der Waals surface area contributed by atoms with Crippen LogP contribution in [-0.2, 0) is 4.79 Å². The summed E-state index contributed by atoms with van der Waals surface area (Å²) in [6.45, 7) is 4.57. The highest BCUT2D eigenvalue weighted by Gasteiger charge is 2.15. The van der Waals surface area contributed by atoms with Gasteiger partial charge in [-0.1, -0.05) is 30.2 Å². The van der Waals surface area contributed by atoms with Crippen molar-refractivity contribution in [3.05, 3.63) is 34.9 Å². The zero-order valence-corrected chi connectivity index (χ0v) is 12.1. The number of hydrogen-bond donors (Lipinski definition) is 1. The summed E-state index contributed by atoms with van der Waals surface area (Å²) in [6, 6.07) is 7.62. The van der Waals surface area contributed by atoms with Gasteiger partial charge in [0.2, 0.25) is 5.91 Å². The molecule has 3 nitrogen and oxygen atoms in total. The Bertz CT molecular complexity index is 430. The Morgan fingerprint density at radius 3 is 2.79 bits per heavy atom. The monoisotopic (exact) mass is 280 g/mol. The average molecular weight is 281 g/mol. The fourth-order valence-electron chi connectivity index (χ4n) is 2.47. The van der Waals surface area contributed by atoms with E-state index in [1.807, 2.05) is 31.2 Å². The third-order valence-electron chi connectivity index (χ3n) is 3.54. The molecule has 104 valence electrons. The zero-order valence-electron chi connectivity index (χ0n) is 11.4. The standard InChI is InChI=1S/C15H21ClN2O/c1-12(13-6-5-7-14(16)10-13)17-15(19)11-18-8-3-2-4-9-18/h5-7,10,12H,2-4,8-9,11H2,1H3,(H,17,19)/t12-/m1/s1. The van der Waals surface area contributed by atoms with E-state index in [0.717, 1.165) is 18.7 Å². The van der Waals surface area contributed by atoms with Gasteiger partial charge >= 0.3 is 0 Å². The van der Waals surface area contributed by atoms with E-state index in [1.54, 1.807) is 0 Å². The van der Waals surface area contributed by atoms with Crippen LogP contribution in [0.3, 0.4) is 0 Å². The number of rotatable bonds is 4. The van der Waals surface area contributed by atoms with Crippen molar-refractivity contribution in [2.75, 3.05) is 19.6 Å². The molecule has 1 aromatic carbocycles. The van der Waals surface area contributed by atoms with E-state index in [1.165, 1.54) is 19.3 Å². The van der Waals surface area contributed by atoms with Gasteiger partial charge in [0.25, 0.3) is 0 Å². The first-order chi connectivity index (χ1) is 9.15. The van der Waals surface area contributed by atoms with Crippen molar-refractivity contribution in [1.29, 1.82) is 0 Å². The molecular formula is C15H21ClN2O. The van der Waals surface area contributed by atoms with Crippen LogP contribution in [0.1, 0.15) is 37.8 Å². The van der Waals surface area contributed by atoms with Crippen LogP contribution >= 0.6 is 11.6 Å². The van der Waals surface area contributed by atoms with E-state index in [2.05, 4.69) is 10.2 Å². The number of benzene rings is 1. The highest BCUT2D eigenvalue weighted by atomic mass is 35.5. The molecule has 0 unspecified atom stereocenters. The van der Waals surface area contributed by atoms with Crippen molar-refractivity contribution in [3.8, 4) is 0 Å². The second-order valence-corrected chi connectivity index (χ2v) is 5.62. The number of piperidine rings is 1. The van der Waals surface area contributed by atoms with Gasteiger partial charge in [-0.2, -0.15) is 0 Å². The molecule has 1 fully saturated rings. The Morgan fingerprint density at radius 1 is 1.37 bits per heavy atom. The van der Waals surface area contributed by atoms with Crippen molar-refractivity contribution in [3.63, 3.8) is 0 Å². The van der Waals surface area contributed by atoms with Crippen LogP contribution in [0.4, 0.5) is 0 Å². The van der Waals surface area contributed by atoms with E-state index in [4.69, 9.17) is 11.6 Å². The highest BCUT2D eigenvalue weighted by Crippen LogP contribution is 2.17. The van der Waals surface area contributed by atoms with Crippen molar-refractivity contribution in [1.82, 2.24) is 10.2 Å². The minimum Gasteiger partial charge on any atom is -0.348 e. The normalized spacial score (nSPS) is 18.0. The number of carbonyl (C=O) groups excluding carboxylic acids is 1. The lowest BCUT2D eigenvalue weighted by Crippen LogP contribution is -2.40. The first kappa shape index (κ1) is 14.4. The maximum Gasteiger partial charge on any atom is 0.234 e. The van der Waals surface area contributed by atoms with Gasteiger partial charge in [-0.15, -0.1) is 0 Å². The zero-order chi connectivity index (χ0) is 13.7. The summed E-state index contributed by atoms with van der Waals surface area (Å²) in [5.41, 5.74) is 1.04. The summed E-state index contributed by atoms with van der Waals surface area (Å²) in [6.07, 6.45) is 3.70. The Kier molecular flexibility index (Phi) is 5.23. The SMILES string of the molecule is C[C@@H](NC(=O)CN1CCCCC1)c1cccc(Cl)c1. The summed E-state index contributed by atoms with van der Waals surface area (Å²) < 4.78 is 0. The van der Waals surface area contributed by atoms with Gasteiger partial charge in [-0.25, -0.2) is 0 Å². The Labute approximate surface area is 119 Å². The fraction of sp³-hybridized carbons (Fsp3) is 0.533. The molecule has 2 rings (SSSR count). The van der Waals surface area contributed by atoms with E-state index < -0.39 is 0 Å². The lowest BCUT2D eigenvalue weighted by Gasteiger charge is -2.26. The van der Waals surface area contributed by atoms with E-state index in [0.29, 0.717) is 11.6 Å². The molecule has 1 aliphatic heterocycles. The predicted octanol–water partition coefficient (Wildman–Crippen LogP) is 3.00. The van der Waals surface area contributed by atoms with Crippen LogP contribution in [0, 0.1) is 0 Å². The first-order valence-electron chi connectivity index (χ1n) is 6.92. The maximum atomic E-state index is 12.0. The quantitative estimate of drug-likeness (QED) is 0.920. The number of halogens is 1. The summed E-state index contributed by atoms with van der Waals surface area (Å²) >= 11 is 5.96. The van der Waals surface area contributed by atoms with Gasteiger partial charge in [0.1, 0.15) is 0 Å². The molecule has 1 atom stereocenters. The molecule has 0 radical (unpaired) electrons. The third-order valence-corrected chi connectivity index (χ3v) is 3.78. The molecule has 4 heteroatoms. The van der Waals surface area contributed by atoms with Gasteiger partial charge in [-0.05, 0) is 50.6 Å². The Hall–Kier alpha value is -1.06. The molecule has 1 N–H and O–H groups in total. The van der Waals surface area contributed by atoms with E-state index >= 15 is 0 Å². The summed E-state index contributed by atoms with van der Waals surface area (Å²) in [5, 5.41) is 3.73. The smallest absolute Gasteiger partial charge is 0.234 e. The van der Waals surface area contributed by atoms with Crippen LogP contribution in [0.15, 0.2) is 24.3 Å². The molecule has 1 aliphatic rings. The maximum absolute atomic E-state index is 12.0. The second-order valence-electron chi connectivity index (χ2n) is 5.18. The number of nitrogens with one attached hydrogen (secondary N) is 1. The number of amides is 1. The number of carbonyl (C=O) groups is 1. The van der Waals surface area contributed by atoms with Gasteiger partial charge < -0.3 is 5.32 Å². The lowest BCUT2D eigenvalue weighted by atomic mass is 10.1. The van der Waals surface area contributed by atoms with Crippen LogP contribution in [0.5, 0.6) is 0 Å². The number of nitrogens with zero attached hydrogens (tertiary/aromatic N) is 1. The van der Waals surface area contributed by atoms with Crippen molar-refractivity contribution in [2.24, 2.45) is 0 Å². The highest BCUT2D eigenvalue weighted by molar-refractivity contribution is 6.30. The second kappa shape index (κ2) is 6.92. The van der Waals surface area contributed by atoms with Crippen LogP contribution in [-0.4, -0.2) is 30.4 Å².